The van der Waals surface area contributed by atoms with Gasteiger partial charge in [-0.15, -0.1) is 0 Å². The van der Waals surface area contributed by atoms with Gasteiger partial charge in [-0.05, 0) is 19.3 Å². The lowest BCUT2D eigenvalue weighted by Gasteiger charge is -2.26. The van der Waals surface area contributed by atoms with E-state index in [4.69, 9.17) is 21.1 Å². The molecule has 0 saturated carbocycles. The molecule has 8 N–H and O–H groups in total. The summed E-state index contributed by atoms with van der Waals surface area (Å²) in [6.45, 7) is 4.70. The SMILES string of the molecule is CCC(C)C(NC(=O)C(N)CCC(=O)O)C(=O)NC(C)C(=O)NC(CC(=O)O)C(=O)O. The van der Waals surface area contributed by atoms with Crippen LogP contribution in [-0.2, 0) is 28.8 Å². The third kappa shape index (κ3) is 10.4. The van der Waals surface area contributed by atoms with Crippen molar-refractivity contribution >= 4 is 35.6 Å². The third-order valence-corrected chi connectivity index (χ3v) is 4.54. The number of nitrogens with two attached hydrogens (primary N) is 1. The summed E-state index contributed by atoms with van der Waals surface area (Å²) in [6, 6.07) is -5.14. The van der Waals surface area contributed by atoms with E-state index in [0.717, 1.165) is 0 Å². The number of carboxylic acids is 3. The van der Waals surface area contributed by atoms with Gasteiger partial charge in [-0.1, -0.05) is 20.3 Å². The van der Waals surface area contributed by atoms with E-state index in [1.54, 1.807) is 13.8 Å². The van der Waals surface area contributed by atoms with Crippen LogP contribution in [0.15, 0.2) is 0 Å². The van der Waals surface area contributed by atoms with Crippen LogP contribution in [-0.4, -0.2) is 75.1 Å². The van der Waals surface area contributed by atoms with E-state index in [-0.39, 0.29) is 18.8 Å². The summed E-state index contributed by atoms with van der Waals surface area (Å²) in [5.74, 6) is -6.86. The second-order valence-corrected chi connectivity index (χ2v) is 7.14. The summed E-state index contributed by atoms with van der Waals surface area (Å²) in [7, 11) is 0. The molecule has 0 spiro atoms. The van der Waals surface area contributed by atoms with E-state index < -0.39 is 66.2 Å². The molecule has 0 aliphatic rings. The van der Waals surface area contributed by atoms with Crippen molar-refractivity contribution in [2.75, 3.05) is 0 Å². The number of carbonyl (C=O) groups excluding carboxylic acids is 3. The summed E-state index contributed by atoms with van der Waals surface area (Å²) in [6.07, 6.45) is -0.827. The van der Waals surface area contributed by atoms with Gasteiger partial charge in [0, 0.05) is 6.42 Å². The molecule has 3 amide bonds. The Morgan fingerprint density at radius 1 is 0.839 bits per heavy atom. The first-order valence-electron chi connectivity index (χ1n) is 9.63. The summed E-state index contributed by atoms with van der Waals surface area (Å²) in [4.78, 5) is 69.4. The van der Waals surface area contributed by atoms with Crippen LogP contribution in [0.2, 0.25) is 0 Å². The van der Waals surface area contributed by atoms with Crippen LogP contribution in [0.5, 0.6) is 0 Å². The van der Waals surface area contributed by atoms with Gasteiger partial charge in [-0.2, -0.15) is 0 Å². The zero-order chi connectivity index (χ0) is 24.3. The number of aliphatic carboxylic acids is 3. The van der Waals surface area contributed by atoms with Crippen molar-refractivity contribution < 1.29 is 44.1 Å². The quantitative estimate of drug-likeness (QED) is 0.159. The first kappa shape index (κ1) is 27.8. The van der Waals surface area contributed by atoms with Crippen molar-refractivity contribution in [2.45, 2.75) is 70.6 Å². The number of amides is 3. The molecule has 0 bridgehead atoms. The number of hydrogen-bond donors (Lipinski definition) is 7. The molecular formula is C18H30N4O9. The van der Waals surface area contributed by atoms with Gasteiger partial charge in [-0.3, -0.25) is 24.0 Å². The normalized spacial score (nSPS) is 15.5. The summed E-state index contributed by atoms with van der Waals surface area (Å²) in [5, 5.41) is 33.2. The second-order valence-electron chi connectivity index (χ2n) is 7.14. The highest BCUT2D eigenvalue weighted by atomic mass is 16.4. The van der Waals surface area contributed by atoms with Gasteiger partial charge < -0.3 is 37.0 Å². The van der Waals surface area contributed by atoms with Crippen LogP contribution in [0.4, 0.5) is 0 Å². The Morgan fingerprint density at radius 3 is 1.87 bits per heavy atom. The maximum absolute atomic E-state index is 12.6. The molecule has 31 heavy (non-hydrogen) atoms. The minimum Gasteiger partial charge on any atom is -0.481 e. The minimum atomic E-state index is -1.68. The predicted octanol–water partition coefficient (Wildman–Crippen LogP) is -1.74. The average Bonchev–Trinajstić information content (AvgIpc) is 2.67. The van der Waals surface area contributed by atoms with Crippen LogP contribution in [0, 0.1) is 5.92 Å². The first-order chi connectivity index (χ1) is 14.3. The largest absolute Gasteiger partial charge is 0.481 e. The van der Waals surface area contributed by atoms with E-state index in [9.17, 15) is 28.8 Å². The summed E-state index contributed by atoms with van der Waals surface area (Å²) in [5.41, 5.74) is 5.65. The number of rotatable bonds is 14. The molecule has 0 rings (SSSR count). The standard InChI is InChI=1S/C18H30N4O9/c1-4-8(2)14(22-16(28)10(19)5-6-12(23)24)17(29)20-9(3)15(27)21-11(18(30)31)7-13(25)26/h8-11,14H,4-7,19H2,1-3H3,(H,20,29)(H,21,27)(H,22,28)(H,23,24)(H,25,26)(H,30,31). The molecule has 0 aromatic rings. The first-order valence-corrected chi connectivity index (χ1v) is 9.63. The molecular weight excluding hydrogens is 416 g/mol. The Hall–Kier alpha value is -3.22. The molecule has 0 radical (unpaired) electrons. The van der Waals surface area contributed by atoms with Crippen molar-refractivity contribution in [3.05, 3.63) is 0 Å². The Labute approximate surface area is 178 Å². The van der Waals surface area contributed by atoms with Gasteiger partial charge in [0.1, 0.15) is 18.1 Å². The van der Waals surface area contributed by atoms with Gasteiger partial charge in [0.2, 0.25) is 17.7 Å². The molecule has 13 nitrogen and oxygen atoms in total. The summed E-state index contributed by atoms with van der Waals surface area (Å²) < 4.78 is 0. The van der Waals surface area contributed by atoms with Crippen LogP contribution in [0.1, 0.15) is 46.5 Å². The molecule has 0 aromatic heterocycles. The molecule has 0 saturated heterocycles. The fraction of sp³-hybridized carbons (Fsp3) is 0.667. The van der Waals surface area contributed by atoms with Crippen molar-refractivity contribution in [1.82, 2.24) is 16.0 Å². The number of carbonyl (C=O) groups is 6. The lowest BCUT2D eigenvalue weighted by molar-refractivity contribution is -0.147. The minimum absolute atomic E-state index is 0.130. The van der Waals surface area contributed by atoms with E-state index in [1.807, 2.05) is 5.32 Å². The Morgan fingerprint density at radius 2 is 1.42 bits per heavy atom. The maximum atomic E-state index is 12.6. The zero-order valence-electron chi connectivity index (χ0n) is 17.6. The van der Waals surface area contributed by atoms with Gasteiger partial charge in [0.15, 0.2) is 0 Å². The molecule has 0 aliphatic heterocycles. The number of hydrogen-bond acceptors (Lipinski definition) is 7. The average molecular weight is 446 g/mol. The Bertz CT molecular complexity index is 698. The monoisotopic (exact) mass is 446 g/mol. The Balaban J connectivity index is 5.12. The van der Waals surface area contributed by atoms with Crippen molar-refractivity contribution in [1.29, 1.82) is 0 Å². The molecule has 5 atom stereocenters. The van der Waals surface area contributed by atoms with Crippen LogP contribution in [0.3, 0.4) is 0 Å². The Kier molecular flexibility index (Phi) is 11.8. The van der Waals surface area contributed by atoms with E-state index >= 15 is 0 Å². The summed E-state index contributed by atoms with van der Waals surface area (Å²) >= 11 is 0. The van der Waals surface area contributed by atoms with Gasteiger partial charge >= 0.3 is 17.9 Å². The van der Waals surface area contributed by atoms with Crippen molar-refractivity contribution in [2.24, 2.45) is 11.7 Å². The molecule has 0 fully saturated rings. The fourth-order valence-corrected chi connectivity index (χ4v) is 2.41. The maximum Gasteiger partial charge on any atom is 0.326 e. The molecule has 13 heteroatoms. The third-order valence-electron chi connectivity index (χ3n) is 4.54. The fourth-order valence-electron chi connectivity index (χ4n) is 2.41. The van der Waals surface area contributed by atoms with E-state index in [2.05, 4.69) is 10.6 Å². The lowest BCUT2D eigenvalue weighted by atomic mass is 9.97. The molecule has 0 aliphatic carbocycles. The van der Waals surface area contributed by atoms with Crippen molar-refractivity contribution in [3.63, 3.8) is 0 Å². The molecule has 176 valence electrons. The highest BCUT2D eigenvalue weighted by Crippen LogP contribution is 2.09. The number of carboxylic acid groups (broad SMARTS) is 3. The predicted molar refractivity (Wildman–Crippen MR) is 106 cm³/mol. The van der Waals surface area contributed by atoms with Gasteiger partial charge in [0.25, 0.3) is 0 Å². The van der Waals surface area contributed by atoms with Crippen molar-refractivity contribution in [3.8, 4) is 0 Å². The molecule has 0 aromatic carbocycles. The molecule has 0 heterocycles. The number of nitrogens with one attached hydrogen (secondary N) is 3. The molecule has 5 unspecified atom stereocenters. The lowest BCUT2D eigenvalue weighted by Crippen LogP contribution is -2.58. The topological polar surface area (TPSA) is 225 Å². The van der Waals surface area contributed by atoms with Gasteiger partial charge in [0.05, 0.1) is 12.5 Å². The van der Waals surface area contributed by atoms with Gasteiger partial charge in [-0.25, -0.2) is 4.79 Å². The van der Waals surface area contributed by atoms with E-state index in [1.165, 1.54) is 6.92 Å². The van der Waals surface area contributed by atoms with E-state index in [0.29, 0.717) is 6.42 Å². The smallest absolute Gasteiger partial charge is 0.326 e. The highest BCUT2D eigenvalue weighted by Gasteiger charge is 2.31. The zero-order valence-corrected chi connectivity index (χ0v) is 17.6. The van der Waals surface area contributed by atoms with Crippen LogP contribution in [0.25, 0.3) is 0 Å². The second kappa shape index (κ2) is 13.2. The van der Waals surface area contributed by atoms with Crippen LogP contribution >= 0.6 is 0 Å². The highest BCUT2D eigenvalue weighted by molar-refractivity contribution is 5.94. The van der Waals surface area contributed by atoms with Crippen LogP contribution < -0.4 is 21.7 Å².